The topological polar surface area (TPSA) is 81.2 Å². The second-order valence-corrected chi connectivity index (χ2v) is 7.43. The van der Waals surface area contributed by atoms with E-state index in [0.717, 1.165) is 4.31 Å². The van der Waals surface area contributed by atoms with Crippen LogP contribution in [0.1, 0.15) is 11.4 Å². The molecule has 0 aliphatic heterocycles. The monoisotopic (exact) mass is 328 g/mol. The van der Waals surface area contributed by atoms with Crippen LogP contribution < -0.4 is 5.73 Å². The van der Waals surface area contributed by atoms with Crippen LogP contribution in [-0.2, 0) is 10.0 Å². The predicted molar refractivity (Wildman–Crippen MR) is 83.3 cm³/mol. The SMILES string of the molecule is Cc1nn(-c2cc(S(=O)(=O)N(C)C)ccc2N)c(C)c1Cl. The number of rotatable bonds is 3. The molecule has 6 nitrogen and oxygen atoms in total. The first-order chi connectivity index (χ1) is 9.66. The quantitative estimate of drug-likeness (QED) is 0.873. The Morgan fingerprint density at radius 3 is 2.38 bits per heavy atom. The van der Waals surface area contributed by atoms with Crippen LogP contribution in [0, 0.1) is 13.8 Å². The Balaban J connectivity index is 2.68. The van der Waals surface area contributed by atoms with E-state index in [1.165, 1.54) is 26.2 Å². The van der Waals surface area contributed by atoms with Crippen LogP contribution in [0.4, 0.5) is 5.69 Å². The van der Waals surface area contributed by atoms with Gasteiger partial charge in [-0.3, -0.25) is 0 Å². The lowest BCUT2D eigenvalue weighted by molar-refractivity contribution is 0.520. The van der Waals surface area contributed by atoms with E-state index >= 15 is 0 Å². The van der Waals surface area contributed by atoms with E-state index < -0.39 is 10.0 Å². The molecule has 0 aliphatic carbocycles. The van der Waals surface area contributed by atoms with Crippen molar-refractivity contribution >= 4 is 27.3 Å². The first kappa shape index (κ1) is 15.8. The molecule has 8 heteroatoms. The molecule has 0 saturated heterocycles. The van der Waals surface area contributed by atoms with Crippen LogP contribution >= 0.6 is 11.6 Å². The van der Waals surface area contributed by atoms with Crippen molar-refractivity contribution in [2.24, 2.45) is 0 Å². The van der Waals surface area contributed by atoms with Gasteiger partial charge in [-0.05, 0) is 32.0 Å². The molecular formula is C13H17ClN4O2S. The van der Waals surface area contributed by atoms with Crippen LogP contribution in [0.3, 0.4) is 0 Å². The smallest absolute Gasteiger partial charge is 0.242 e. The molecule has 1 aromatic carbocycles. The minimum absolute atomic E-state index is 0.153. The maximum absolute atomic E-state index is 12.2. The van der Waals surface area contributed by atoms with Gasteiger partial charge in [0.25, 0.3) is 0 Å². The third-order valence-electron chi connectivity index (χ3n) is 3.21. The fraction of sp³-hybridized carbons (Fsp3) is 0.308. The average Bonchev–Trinajstić information content (AvgIpc) is 2.66. The molecule has 0 fully saturated rings. The molecule has 0 amide bonds. The number of aryl methyl sites for hydroxylation is 1. The minimum atomic E-state index is -3.54. The molecule has 0 bridgehead atoms. The zero-order chi connectivity index (χ0) is 15.9. The number of hydrogen-bond donors (Lipinski definition) is 1. The van der Waals surface area contributed by atoms with Crippen molar-refractivity contribution in [3.05, 3.63) is 34.6 Å². The normalized spacial score (nSPS) is 12.1. The zero-order valence-electron chi connectivity index (χ0n) is 12.3. The van der Waals surface area contributed by atoms with Crippen LogP contribution in [0.2, 0.25) is 5.02 Å². The van der Waals surface area contributed by atoms with Crippen molar-refractivity contribution in [1.29, 1.82) is 0 Å². The molecule has 0 aliphatic rings. The lowest BCUT2D eigenvalue weighted by Crippen LogP contribution is -2.22. The maximum Gasteiger partial charge on any atom is 0.242 e. The summed E-state index contributed by atoms with van der Waals surface area (Å²) in [6, 6.07) is 4.53. The Morgan fingerprint density at radius 2 is 1.90 bits per heavy atom. The van der Waals surface area contributed by atoms with Crippen LogP contribution in [0.15, 0.2) is 23.1 Å². The number of anilines is 1. The molecule has 114 valence electrons. The van der Waals surface area contributed by atoms with Gasteiger partial charge in [-0.2, -0.15) is 5.10 Å². The summed E-state index contributed by atoms with van der Waals surface area (Å²) < 4.78 is 27.1. The van der Waals surface area contributed by atoms with Gasteiger partial charge in [0.1, 0.15) is 0 Å². The standard InChI is InChI=1S/C13H17ClN4O2S/c1-8-13(14)9(2)18(16-8)12-7-10(5-6-11(12)15)21(19,20)17(3)4/h5-7H,15H2,1-4H3. The zero-order valence-corrected chi connectivity index (χ0v) is 13.8. The predicted octanol–water partition coefficient (Wildman–Crippen LogP) is 1.98. The van der Waals surface area contributed by atoms with Gasteiger partial charge in [-0.15, -0.1) is 0 Å². The summed E-state index contributed by atoms with van der Waals surface area (Å²) >= 11 is 6.13. The fourth-order valence-electron chi connectivity index (χ4n) is 1.94. The van der Waals surface area contributed by atoms with Gasteiger partial charge in [-0.25, -0.2) is 17.4 Å². The number of benzene rings is 1. The van der Waals surface area contributed by atoms with Gasteiger partial charge in [-0.1, -0.05) is 11.6 Å². The number of nitrogens with two attached hydrogens (primary N) is 1. The molecule has 0 unspecified atom stereocenters. The number of nitrogen functional groups attached to an aromatic ring is 1. The molecule has 1 heterocycles. The number of sulfonamides is 1. The van der Waals surface area contributed by atoms with E-state index in [-0.39, 0.29) is 4.90 Å². The summed E-state index contributed by atoms with van der Waals surface area (Å²) in [4.78, 5) is 0.153. The van der Waals surface area contributed by atoms with Crippen molar-refractivity contribution in [3.63, 3.8) is 0 Å². The number of nitrogens with zero attached hydrogens (tertiary/aromatic N) is 3. The van der Waals surface area contributed by atoms with E-state index in [2.05, 4.69) is 5.10 Å². The second-order valence-electron chi connectivity index (χ2n) is 4.90. The van der Waals surface area contributed by atoms with E-state index in [0.29, 0.717) is 27.8 Å². The summed E-state index contributed by atoms with van der Waals surface area (Å²) in [7, 11) is -0.581. The lowest BCUT2D eigenvalue weighted by Gasteiger charge is -2.14. The van der Waals surface area contributed by atoms with E-state index in [1.807, 2.05) is 0 Å². The van der Waals surface area contributed by atoms with Gasteiger partial charge in [0.05, 0.1) is 32.7 Å². The highest BCUT2D eigenvalue weighted by Crippen LogP contribution is 2.27. The van der Waals surface area contributed by atoms with Crippen LogP contribution in [0.5, 0.6) is 0 Å². The third-order valence-corrected chi connectivity index (χ3v) is 5.57. The number of hydrogen-bond acceptors (Lipinski definition) is 4. The minimum Gasteiger partial charge on any atom is -0.397 e. The van der Waals surface area contributed by atoms with E-state index in [1.54, 1.807) is 24.6 Å². The molecule has 1 aromatic heterocycles. The van der Waals surface area contributed by atoms with Crippen molar-refractivity contribution in [1.82, 2.24) is 14.1 Å². The summed E-state index contributed by atoms with van der Waals surface area (Å²) in [6.07, 6.45) is 0. The molecule has 0 radical (unpaired) electrons. The van der Waals surface area contributed by atoms with Crippen LogP contribution in [-0.4, -0.2) is 36.6 Å². The maximum atomic E-state index is 12.2. The van der Waals surface area contributed by atoms with Crippen molar-refractivity contribution in [2.75, 3.05) is 19.8 Å². The molecule has 21 heavy (non-hydrogen) atoms. The summed E-state index contributed by atoms with van der Waals surface area (Å²) in [5, 5.41) is 4.84. The molecule has 2 N–H and O–H groups in total. The first-order valence-electron chi connectivity index (χ1n) is 6.20. The lowest BCUT2D eigenvalue weighted by atomic mass is 10.2. The molecule has 2 rings (SSSR count). The number of aromatic nitrogens is 2. The van der Waals surface area contributed by atoms with E-state index in [4.69, 9.17) is 17.3 Å². The third kappa shape index (κ3) is 2.64. The summed E-state index contributed by atoms with van der Waals surface area (Å²) in [5.41, 5.74) is 8.24. The average molecular weight is 329 g/mol. The molecule has 0 spiro atoms. The molecule has 0 saturated carbocycles. The van der Waals surface area contributed by atoms with Gasteiger partial charge in [0, 0.05) is 14.1 Å². The Kier molecular flexibility index (Phi) is 4.01. The fourth-order valence-corrected chi connectivity index (χ4v) is 2.98. The van der Waals surface area contributed by atoms with Crippen molar-refractivity contribution in [3.8, 4) is 5.69 Å². The van der Waals surface area contributed by atoms with Gasteiger partial charge < -0.3 is 5.73 Å². The first-order valence-corrected chi connectivity index (χ1v) is 8.02. The Labute approximate surface area is 129 Å². The molecule has 0 atom stereocenters. The van der Waals surface area contributed by atoms with Crippen molar-refractivity contribution in [2.45, 2.75) is 18.7 Å². The second kappa shape index (κ2) is 5.32. The Bertz CT molecular complexity index is 797. The Morgan fingerprint density at radius 1 is 1.29 bits per heavy atom. The van der Waals surface area contributed by atoms with Crippen molar-refractivity contribution < 1.29 is 8.42 Å². The Hall–Kier alpha value is -1.57. The van der Waals surface area contributed by atoms with Gasteiger partial charge >= 0.3 is 0 Å². The number of halogens is 1. The van der Waals surface area contributed by atoms with Gasteiger partial charge in [0.15, 0.2) is 0 Å². The highest BCUT2D eigenvalue weighted by Gasteiger charge is 2.20. The largest absolute Gasteiger partial charge is 0.397 e. The highest BCUT2D eigenvalue weighted by molar-refractivity contribution is 7.89. The van der Waals surface area contributed by atoms with E-state index in [9.17, 15) is 8.42 Å². The van der Waals surface area contributed by atoms with Crippen LogP contribution in [0.25, 0.3) is 5.69 Å². The molecular weight excluding hydrogens is 312 g/mol. The highest BCUT2D eigenvalue weighted by atomic mass is 35.5. The summed E-state index contributed by atoms with van der Waals surface area (Å²) in [6.45, 7) is 3.58. The summed E-state index contributed by atoms with van der Waals surface area (Å²) in [5.74, 6) is 0. The van der Waals surface area contributed by atoms with Gasteiger partial charge in [0.2, 0.25) is 10.0 Å². The molecule has 2 aromatic rings.